The summed E-state index contributed by atoms with van der Waals surface area (Å²) in [6.45, 7) is 2.04. The first-order valence-corrected chi connectivity index (χ1v) is 10.3. The van der Waals surface area contributed by atoms with Crippen molar-refractivity contribution in [2.75, 3.05) is 34.1 Å². The standard InChI is InChI=1S/C18H23N3O5S/c1-24-15-6-5-12(16(25-2)17(15)26-3)10-21-8-7-14-13(11-21)9-19-18(20-14)27(4,22)23/h5-6,9H,7-8,10-11H2,1-4H3. The van der Waals surface area contributed by atoms with Gasteiger partial charge in [-0.25, -0.2) is 18.4 Å². The first-order chi connectivity index (χ1) is 12.9. The van der Waals surface area contributed by atoms with E-state index in [1.807, 2.05) is 12.1 Å². The van der Waals surface area contributed by atoms with Crippen molar-refractivity contribution in [1.82, 2.24) is 14.9 Å². The lowest BCUT2D eigenvalue weighted by molar-refractivity contribution is 0.236. The van der Waals surface area contributed by atoms with Crippen molar-refractivity contribution >= 4 is 9.84 Å². The lowest BCUT2D eigenvalue weighted by Crippen LogP contribution is -2.31. The molecule has 0 unspecified atom stereocenters. The third kappa shape index (κ3) is 3.98. The topological polar surface area (TPSA) is 90.9 Å². The zero-order valence-corrected chi connectivity index (χ0v) is 16.7. The van der Waals surface area contributed by atoms with Gasteiger partial charge in [0.15, 0.2) is 11.5 Å². The van der Waals surface area contributed by atoms with E-state index in [9.17, 15) is 8.42 Å². The zero-order valence-electron chi connectivity index (χ0n) is 15.9. The molecule has 0 aliphatic carbocycles. The molecule has 0 saturated carbocycles. The zero-order chi connectivity index (χ0) is 19.6. The Morgan fingerprint density at radius 2 is 1.85 bits per heavy atom. The summed E-state index contributed by atoms with van der Waals surface area (Å²) in [7, 11) is 1.37. The maximum atomic E-state index is 11.6. The molecule has 8 nitrogen and oxygen atoms in total. The first-order valence-electron chi connectivity index (χ1n) is 8.42. The van der Waals surface area contributed by atoms with Crippen LogP contribution in [-0.2, 0) is 29.3 Å². The molecule has 1 aliphatic heterocycles. The van der Waals surface area contributed by atoms with Gasteiger partial charge in [-0.3, -0.25) is 4.90 Å². The molecule has 0 saturated heterocycles. The summed E-state index contributed by atoms with van der Waals surface area (Å²) in [5.41, 5.74) is 2.71. The number of hydrogen-bond acceptors (Lipinski definition) is 8. The Morgan fingerprint density at radius 1 is 1.11 bits per heavy atom. The number of ether oxygens (including phenoxy) is 3. The van der Waals surface area contributed by atoms with E-state index in [1.165, 1.54) is 0 Å². The number of nitrogens with zero attached hydrogens (tertiary/aromatic N) is 3. The number of hydrogen-bond donors (Lipinski definition) is 0. The smallest absolute Gasteiger partial charge is 0.246 e. The van der Waals surface area contributed by atoms with E-state index in [2.05, 4.69) is 14.9 Å². The summed E-state index contributed by atoms with van der Waals surface area (Å²) in [5.74, 6) is 1.83. The Balaban J connectivity index is 1.83. The largest absolute Gasteiger partial charge is 0.493 e. The van der Waals surface area contributed by atoms with Crippen molar-refractivity contribution in [2.24, 2.45) is 0 Å². The Labute approximate surface area is 159 Å². The van der Waals surface area contributed by atoms with Crippen molar-refractivity contribution in [3.63, 3.8) is 0 Å². The lowest BCUT2D eigenvalue weighted by Gasteiger charge is -2.28. The second-order valence-electron chi connectivity index (χ2n) is 6.35. The summed E-state index contributed by atoms with van der Waals surface area (Å²) in [5, 5.41) is -0.115. The third-order valence-corrected chi connectivity index (χ3v) is 5.36. The maximum Gasteiger partial charge on any atom is 0.246 e. The van der Waals surface area contributed by atoms with Crippen molar-refractivity contribution in [2.45, 2.75) is 24.7 Å². The van der Waals surface area contributed by atoms with E-state index >= 15 is 0 Å². The van der Waals surface area contributed by atoms with Crippen LogP contribution in [0.5, 0.6) is 17.2 Å². The van der Waals surface area contributed by atoms with Crippen LogP contribution in [0.25, 0.3) is 0 Å². The van der Waals surface area contributed by atoms with Crippen LogP contribution in [0.3, 0.4) is 0 Å². The summed E-state index contributed by atoms with van der Waals surface area (Å²) >= 11 is 0. The molecule has 0 amide bonds. The minimum atomic E-state index is -3.40. The van der Waals surface area contributed by atoms with E-state index in [1.54, 1.807) is 27.5 Å². The quantitative estimate of drug-likeness (QED) is 0.682. The van der Waals surface area contributed by atoms with Gasteiger partial charge >= 0.3 is 0 Å². The average Bonchev–Trinajstić information content (AvgIpc) is 2.66. The molecular formula is C18H23N3O5S. The van der Waals surface area contributed by atoms with Crippen LogP contribution in [0.4, 0.5) is 0 Å². The number of sulfone groups is 1. The fraction of sp³-hybridized carbons (Fsp3) is 0.444. The molecule has 2 heterocycles. The van der Waals surface area contributed by atoms with Crippen LogP contribution in [0.15, 0.2) is 23.5 Å². The van der Waals surface area contributed by atoms with E-state index < -0.39 is 9.84 Å². The molecule has 0 fully saturated rings. The molecule has 3 rings (SSSR count). The molecule has 1 aromatic carbocycles. The maximum absolute atomic E-state index is 11.6. The number of rotatable bonds is 6. The highest BCUT2D eigenvalue weighted by Gasteiger charge is 2.23. The molecule has 0 radical (unpaired) electrons. The second kappa shape index (κ2) is 7.69. The first kappa shape index (κ1) is 19.4. The minimum Gasteiger partial charge on any atom is -0.493 e. The Morgan fingerprint density at radius 3 is 2.48 bits per heavy atom. The fourth-order valence-electron chi connectivity index (χ4n) is 3.20. The van der Waals surface area contributed by atoms with Crippen molar-refractivity contribution in [3.8, 4) is 17.2 Å². The fourth-order valence-corrected chi connectivity index (χ4v) is 3.72. The highest BCUT2D eigenvalue weighted by Crippen LogP contribution is 2.40. The summed E-state index contributed by atoms with van der Waals surface area (Å²) < 4.78 is 39.6. The van der Waals surface area contributed by atoms with Crippen LogP contribution >= 0.6 is 0 Å². The molecule has 0 N–H and O–H groups in total. The van der Waals surface area contributed by atoms with Gasteiger partial charge in [-0.15, -0.1) is 0 Å². The predicted molar refractivity (Wildman–Crippen MR) is 99.1 cm³/mol. The van der Waals surface area contributed by atoms with Gasteiger partial charge in [-0.1, -0.05) is 6.07 Å². The number of fused-ring (bicyclic) bond motifs is 1. The molecule has 27 heavy (non-hydrogen) atoms. The van der Waals surface area contributed by atoms with Crippen molar-refractivity contribution < 1.29 is 22.6 Å². The summed E-state index contributed by atoms with van der Waals surface area (Å²) in [6, 6.07) is 3.81. The van der Waals surface area contributed by atoms with Gasteiger partial charge in [0, 0.05) is 49.6 Å². The molecular weight excluding hydrogens is 370 g/mol. The Kier molecular flexibility index (Phi) is 5.52. The molecule has 1 aromatic heterocycles. The lowest BCUT2D eigenvalue weighted by atomic mass is 10.1. The van der Waals surface area contributed by atoms with Gasteiger partial charge in [0.25, 0.3) is 0 Å². The van der Waals surface area contributed by atoms with Crippen LogP contribution in [0.1, 0.15) is 16.8 Å². The number of benzene rings is 1. The summed E-state index contributed by atoms with van der Waals surface area (Å²) in [4.78, 5) is 10.5. The van der Waals surface area contributed by atoms with E-state index in [0.717, 1.165) is 29.6 Å². The van der Waals surface area contributed by atoms with E-state index in [-0.39, 0.29) is 5.16 Å². The van der Waals surface area contributed by atoms with Crippen LogP contribution in [0, 0.1) is 0 Å². The van der Waals surface area contributed by atoms with Gasteiger partial charge < -0.3 is 14.2 Å². The number of aromatic nitrogens is 2. The molecule has 9 heteroatoms. The molecule has 146 valence electrons. The van der Waals surface area contributed by atoms with Gasteiger partial charge in [-0.05, 0) is 6.07 Å². The molecule has 1 aliphatic rings. The summed E-state index contributed by atoms with van der Waals surface area (Å²) in [6.07, 6.45) is 3.39. The van der Waals surface area contributed by atoms with Gasteiger partial charge in [0.1, 0.15) is 0 Å². The third-order valence-electron chi connectivity index (χ3n) is 4.50. The monoisotopic (exact) mass is 393 g/mol. The average molecular weight is 393 g/mol. The normalized spacial score (nSPS) is 14.5. The molecule has 0 bridgehead atoms. The van der Waals surface area contributed by atoms with Crippen LogP contribution in [0.2, 0.25) is 0 Å². The predicted octanol–water partition coefficient (Wildman–Crippen LogP) is 1.46. The van der Waals surface area contributed by atoms with Crippen LogP contribution < -0.4 is 14.2 Å². The highest BCUT2D eigenvalue weighted by atomic mass is 32.2. The van der Waals surface area contributed by atoms with E-state index in [4.69, 9.17) is 14.2 Å². The highest BCUT2D eigenvalue weighted by molar-refractivity contribution is 7.90. The van der Waals surface area contributed by atoms with Gasteiger partial charge in [-0.2, -0.15) is 0 Å². The Hall–Kier alpha value is -2.39. The van der Waals surface area contributed by atoms with Crippen LogP contribution in [-0.4, -0.2) is 57.4 Å². The SMILES string of the molecule is COc1ccc(CN2CCc3nc(S(C)(=O)=O)ncc3C2)c(OC)c1OC. The van der Waals surface area contributed by atoms with Gasteiger partial charge in [0.05, 0.1) is 27.0 Å². The van der Waals surface area contributed by atoms with Crippen molar-refractivity contribution in [3.05, 3.63) is 35.2 Å². The minimum absolute atomic E-state index is 0.115. The number of methoxy groups -OCH3 is 3. The van der Waals surface area contributed by atoms with Crippen molar-refractivity contribution in [1.29, 1.82) is 0 Å². The molecule has 2 aromatic rings. The van der Waals surface area contributed by atoms with Gasteiger partial charge in [0.2, 0.25) is 20.7 Å². The van der Waals surface area contributed by atoms with E-state index in [0.29, 0.717) is 36.8 Å². The Bertz CT molecular complexity index is 946. The molecule has 0 atom stereocenters. The second-order valence-corrected chi connectivity index (χ2v) is 8.26. The molecule has 0 spiro atoms.